The highest BCUT2D eigenvalue weighted by Crippen LogP contribution is 2.10. The van der Waals surface area contributed by atoms with E-state index in [-0.39, 0.29) is 11.9 Å². The first-order valence-electron chi connectivity index (χ1n) is 6.74. The van der Waals surface area contributed by atoms with Crippen molar-refractivity contribution in [3.63, 3.8) is 0 Å². The van der Waals surface area contributed by atoms with Gasteiger partial charge in [0.05, 0.1) is 19.7 Å². The van der Waals surface area contributed by atoms with Gasteiger partial charge in [0.1, 0.15) is 0 Å². The summed E-state index contributed by atoms with van der Waals surface area (Å²) < 4.78 is 4.56. The second-order valence-corrected chi connectivity index (χ2v) is 4.99. The van der Waals surface area contributed by atoms with Crippen LogP contribution in [0.5, 0.6) is 0 Å². The van der Waals surface area contributed by atoms with E-state index in [4.69, 9.17) is 0 Å². The van der Waals surface area contributed by atoms with Crippen molar-refractivity contribution in [1.82, 2.24) is 20.4 Å². The Balaban J connectivity index is 1.73. The molecule has 0 bridgehead atoms. The van der Waals surface area contributed by atoms with E-state index in [2.05, 4.69) is 20.3 Å². The largest absolute Gasteiger partial charge is 0.453 e. The normalized spacial score (nSPS) is 24.3. The van der Waals surface area contributed by atoms with Crippen molar-refractivity contribution < 1.29 is 14.3 Å². The smallest absolute Gasteiger partial charge is 0.407 e. The van der Waals surface area contributed by atoms with E-state index in [0.29, 0.717) is 19.6 Å². The summed E-state index contributed by atoms with van der Waals surface area (Å²) in [7, 11) is 1.34. The molecule has 0 aromatic heterocycles. The van der Waals surface area contributed by atoms with Gasteiger partial charge < -0.3 is 20.3 Å². The zero-order valence-corrected chi connectivity index (χ0v) is 11.4. The molecule has 2 amide bonds. The van der Waals surface area contributed by atoms with E-state index >= 15 is 0 Å². The van der Waals surface area contributed by atoms with Crippen molar-refractivity contribution in [2.24, 2.45) is 0 Å². The van der Waals surface area contributed by atoms with Gasteiger partial charge in [-0.1, -0.05) is 0 Å². The number of methoxy groups -OCH3 is 1. The summed E-state index contributed by atoms with van der Waals surface area (Å²) in [5, 5.41) is 6.00. The average Bonchev–Trinajstić information content (AvgIpc) is 2.88. The van der Waals surface area contributed by atoms with Gasteiger partial charge in [0.2, 0.25) is 5.91 Å². The number of hydrogen-bond donors (Lipinski definition) is 2. The van der Waals surface area contributed by atoms with Crippen LogP contribution in [0.1, 0.15) is 6.42 Å². The third-order valence-corrected chi connectivity index (χ3v) is 3.62. The Hall–Kier alpha value is -1.34. The van der Waals surface area contributed by atoms with Crippen molar-refractivity contribution in [3.8, 4) is 0 Å². The summed E-state index contributed by atoms with van der Waals surface area (Å²) >= 11 is 0. The molecule has 0 aromatic rings. The number of nitrogens with zero attached hydrogens (tertiary/aromatic N) is 2. The molecule has 2 aliphatic rings. The lowest BCUT2D eigenvalue weighted by molar-refractivity contribution is -0.131. The number of piperazine rings is 1. The Kier molecular flexibility index (Phi) is 4.98. The number of likely N-dealkylation sites (tertiary alicyclic amines) is 1. The van der Waals surface area contributed by atoms with Gasteiger partial charge in [-0.2, -0.15) is 0 Å². The number of nitrogens with one attached hydrogen (secondary N) is 2. The number of amides is 2. The minimum absolute atomic E-state index is 0.0134. The average molecular weight is 270 g/mol. The summed E-state index contributed by atoms with van der Waals surface area (Å²) in [4.78, 5) is 27.2. The van der Waals surface area contributed by atoms with E-state index < -0.39 is 6.09 Å². The quantitative estimate of drug-likeness (QED) is 0.677. The summed E-state index contributed by atoms with van der Waals surface area (Å²) in [5.74, 6) is 0.149. The molecular formula is C12H22N4O3. The van der Waals surface area contributed by atoms with Crippen LogP contribution in [0.15, 0.2) is 0 Å². The zero-order valence-electron chi connectivity index (χ0n) is 11.4. The first-order chi connectivity index (χ1) is 9.19. The van der Waals surface area contributed by atoms with Crippen molar-refractivity contribution in [2.75, 3.05) is 52.9 Å². The maximum Gasteiger partial charge on any atom is 0.407 e. The molecule has 2 heterocycles. The molecule has 0 spiro atoms. The molecule has 1 unspecified atom stereocenters. The van der Waals surface area contributed by atoms with Crippen LogP contribution in [0.4, 0.5) is 4.79 Å². The highest BCUT2D eigenvalue weighted by Gasteiger charge is 2.28. The maximum atomic E-state index is 12.1. The molecule has 2 rings (SSSR count). The number of ether oxygens (including phenoxy) is 1. The second kappa shape index (κ2) is 6.72. The van der Waals surface area contributed by atoms with Gasteiger partial charge in [0.15, 0.2) is 0 Å². The fraction of sp³-hybridized carbons (Fsp3) is 0.833. The summed E-state index contributed by atoms with van der Waals surface area (Å²) in [6.07, 6.45) is 0.365. The van der Waals surface area contributed by atoms with Gasteiger partial charge in [0.25, 0.3) is 0 Å². The fourth-order valence-corrected chi connectivity index (χ4v) is 2.49. The van der Waals surface area contributed by atoms with Crippen LogP contribution in [0.25, 0.3) is 0 Å². The molecule has 2 aliphatic heterocycles. The highest BCUT2D eigenvalue weighted by molar-refractivity contribution is 5.78. The second-order valence-electron chi connectivity index (χ2n) is 4.99. The van der Waals surface area contributed by atoms with Crippen molar-refractivity contribution in [2.45, 2.75) is 12.5 Å². The Morgan fingerprint density at radius 3 is 2.74 bits per heavy atom. The number of carbonyl (C=O) groups excluding carboxylic acids is 2. The molecule has 2 saturated heterocycles. The number of rotatable bonds is 3. The van der Waals surface area contributed by atoms with Crippen LogP contribution in [0, 0.1) is 0 Å². The zero-order chi connectivity index (χ0) is 13.7. The summed E-state index contributed by atoms with van der Waals surface area (Å²) in [6.45, 7) is 5.50. The molecule has 2 fully saturated rings. The van der Waals surface area contributed by atoms with Crippen LogP contribution >= 0.6 is 0 Å². The fourth-order valence-electron chi connectivity index (χ4n) is 2.49. The molecule has 1 atom stereocenters. The van der Waals surface area contributed by atoms with E-state index in [1.54, 1.807) is 0 Å². The van der Waals surface area contributed by atoms with Gasteiger partial charge in [-0.3, -0.25) is 9.69 Å². The lowest BCUT2D eigenvalue weighted by atomic mass is 10.3. The highest BCUT2D eigenvalue weighted by atomic mass is 16.5. The van der Waals surface area contributed by atoms with E-state index in [9.17, 15) is 9.59 Å². The van der Waals surface area contributed by atoms with Crippen molar-refractivity contribution in [3.05, 3.63) is 0 Å². The molecule has 0 radical (unpaired) electrons. The Morgan fingerprint density at radius 1 is 1.32 bits per heavy atom. The minimum Gasteiger partial charge on any atom is -0.453 e. The molecule has 19 heavy (non-hydrogen) atoms. The van der Waals surface area contributed by atoms with Gasteiger partial charge in [-0.15, -0.1) is 0 Å². The maximum absolute atomic E-state index is 12.1. The lowest BCUT2D eigenvalue weighted by Crippen LogP contribution is -2.48. The molecule has 0 saturated carbocycles. The number of alkyl carbamates (subject to hydrolysis) is 1. The van der Waals surface area contributed by atoms with Gasteiger partial charge in [0, 0.05) is 39.3 Å². The Labute approximate surface area is 113 Å². The topological polar surface area (TPSA) is 73.9 Å². The standard InChI is InChI=1S/C12H22N4O3/c1-19-12(18)14-10-2-5-16(8-10)11(17)9-15-6-3-13-4-7-15/h10,13H,2-9H2,1H3,(H,14,18). The van der Waals surface area contributed by atoms with Crippen molar-refractivity contribution >= 4 is 12.0 Å². The SMILES string of the molecule is COC(=O)NC1CCN(C(=O)CN2CCNCC2)C1. The first kappa shape index (κ1) is 14.1. The first-order valence-corrected chi connectivity index (χ1v) is 6.74. The van der Waals surface area contributed by atoms with Crippen LogP contribution in [-0.2, 0) is 9.53 Å². The van der Waals surface area contributed by atoms with Crippen molar-refractivity contribution in [1.29, 1.82) is 0 Å². The van der Waals surface area contributed by atoms with Gasteiger partial charge in [-0.05, 0) is 6.42 Å². The Bertz CT molecular complexity index is 331. The van der Waals surface area contributed by atoms with E-state index in [1.807, 2.05) is 4.90 Å². The summed E-state index contributed by atoms with van der Waals surface area (Å²) in [6, 6.07) is 0.0134. The van der Waals surface area contributed by atoms with Crippen LogP contribution in [0.2, 0.25) is 0 Å². The lowest BCUT2D eigenvalue weighted by Gasteiger charge is -2.28. The molecular weight excluding hydrogens is 248 g/mol. The van der Waals surface area contributed by atoms with Crippen LogP contribution in [-0.4, -0.2) is 80.8 Å². The number of carbonyl (C=O) groups is 2. The molecule has 2 N–H and O–H groups in total. The van der Waals surface area contributed by atoms with E-state index in [0.717, 1.165) is 32.6 Å². The van der Waals surface area contributed by atoms with Gasteiger partial charge in [-0.25, -0.2) is 4.79 Å². The molecule has 108 valence electrons. The Morgan fingerprint density at radius 2 is 2.05 bits per heavy atom. The van der Waals surface area contributed by atoms with Gasteiger partial charge >= 0.3 is 6.09 Å². The third-order valence-electron chi connectivity index (χ3n) is 3.62. The predicted octanol–water partition coefficient (Wildman–Crippen LogP) is -1.15. The van der Waals surface area contributed by atoms with E-state index in [1.165, 1.54) is 7.11 Å². The minimum atomic E-state index is -0.429. The van der Waals surface area contributed by atoms with Crippen LogP contribution < -0.4 is 10.6 Å². The predicted molar refractivity (Wildman–Crippen MR) is 69.8 cm³/mol. The number of hydrogen-bond acceptors (Lipinski definition) is 5. The molecule has 7 nitrogen and oxygen atoms in total. The monoisotopic (exact) mass is 270 g/mol. The molecule has 7 heteroatoms. The van der Waals surface area contributed by atoms with Crippen LogP contribution in [0.3, 0.4) is 0 Å². The summed E-state index contributed by atoms with van der Waals surface area (Å²) in [5.41, 5.74) is 0. The molecule has 0 aromatic carbocycles. The third kappa shape index (κ3) is 4.07. The molecule has 0 aliphatic carbocycles.